The summed E-state index contributed by atoms with van der Waals surface area (Å²) in [6.45, 7) is 4.98. The summed E-state index contributed by atoms with van der Waals surface area (Å²) in [5.41, 5.74) is 3.01. The summed E-state index contributed by atoms with van der Waals surface area (Å²) in [5.74, 6) is -0.0904. The minimum absolute atomic E-state index is 0.0904. The summed E-state index contributed by atoms with van der Waals surface area (Å²) in [6.07, 6.45) is 1.64. The molecule has 1 aliphatic heterocycles. The molecule has 0 atom stereocenters. The highest BCUT2D eigenvalue weighted by Gasteiger charge is 2.31. The molecule has 1 amide bonds. The Morgan fingerprint density at radius 1 is 0.966 bits per heavy atom. The molecule has 0 radical (unpaired) electrons. The minimum atomic E-state index is -3.58. The third-order valence-electron chi connectivity index (χ3n) is 5.37. The Hall–Kier alpha value is -2.77. The van der Waals surface area contributed by atoms with Crippen molar-refractivity contribution in [3.8, 4) is 0 Å². The molecule has 0 saturated carbocycles. The Kier molecular flexibility index (Phi) is 5.10. The van der Waals surface area contributed by atoms with Gasteiger partial charge in [0.25, 0.3) is 5.91 Å². The van der Waals surface area contributed by atoms with Crippen LogP contribution in [0.3, 0.4) is 0 Å². The SMILES string of the molecule is Cc1ccc(C)c(S(=O)(=O)N2CCN(C(=O)c3ccnc4ccccc34)CC2)c1. The molecule has 2 aromatic carbocycles. The topological polar surface area (TPSA) is 70.6 Å². The Balaban J connectivity index is 1.53. The summed E-state index contributed by atoms with van der Waals surface area (Å²) in [7, 11) is -3.58. The lowest BCUT2D eigenvalue weighted by Gasteiger charge is -2.34. The van der Waals surface area contributed by atoms with Crippen LogP contribution < -0.4 is 0 Å². The number of piperazine rings is 1. The highest BCUT2D eigenvalue weighted by Crippen LogP contribution is 2.24. The summed E-state index contributed by atoms with van der Waals surface area (Å²) in [5, 5.41) is 0.811. The molecule has 1 fully saturated rings. The maximum Gasteiger partial charge on any atom is 0.254 e. The number of hydrogen-bond acceptors (Lipinski definition) is 4. The first-order valence-corrected chi connectivity index (χ1v) is 11.0. The van der Waals surface area contributed by atoms with Crippen molar-refractivity contribution in [1.82, 2.24) is 14.2 Å². The second-order valence-corrected chi connectivity index (χ2v) is 9.25. The summed E-state index contributed by atoms with van der Waals surface area (Å²) < 4.78 is 27.7. The third kappa shape index (κ3) is 3.63. The van der Waals surface area contributed by atoms with Gasteiger partial charge in [-0.3, -0.25) is 9.78 Å². The molecule has 6 nitrogen and oxygen atoms in total. The minimum Gasteiger partial charge on any atom is -0.336 e. The van der Waals surface area contributed by atoms with E-state index in [-0.39, 0.29) is 19.0 Å². The van der Waals surface area contributed by atoms with Crippen molar-refractivity contribution >= 4 is 26.8 Å². The summed E-state index contributed by atoms with van der Waals surface area (Å²) in [4.78, 5) is 19.4. The summed E-state index contributed by atoms with van der Waals surface area (Å²) >= 11 is 0. The predicted octanol–water partition coefficient (Wildman–Crippen LogP) is 3.00. The van der Waals surface area contributed by atoms with Crippen molar-refractivity contribution in [3.05, 3.63) is 71.4 Å². The van der Waals surface area contributed by atoms with E-state index < -0.39 is 10.0 Å². The van der Waals surface area contributed by atoms with Crippen molar-refractivity contribution in [2.75, 3.05) is 26.2 Å². The zero-order valence-corrected chi connectivity index (χ0v) is 17.3. The molecule has 1 aromatic heterocycles. The normalized spacial score (nSPS) is 15.6. The zero-order valence-electron chi connectivity index (χ0n) is 16.5. The molecular formula is C22H23N3O3S. The number of fused-ring (bicyclic) bond motifs is 1. The molecule has 0 spiro atoms. The maximum absolute atomic E-state index is 13.1. The van der Waals surface area contributed by atoms with Gasteiger partial charge in [-0.25, -0.2) is 8.42 Å². The van der Waals surface area contributed by atoms with Crippen LogP contribution in [0.1, 0.15) is 21.5 Å². The second-order valence-electron chi connectivity index (χ2n) is 7.34. The highest BCUT2D eigenvalue weighted by atomic mass is 32.2. The molecule has 4 rings (SSSR count). The number of aromatic nitrogens is 1. The van der Waals surface area contributed by atoms with Gasteiger partial charge in [-0.1, -0.05) is 30.3 Å². The number of rotatable bonds is 3. The molecule has 29 heavy (non-hydrogen) atoms. The molecule has 150 valence electrons. The number of pyridine rings is 1. The van der Waals surface area contributed by atoms with E-state index in [1.807, 2.05) is 43.3 Å². The van der Waals surface area contributed by atoms with E-state index in [1.54, 1.807) is 30.2 Å². The van der Waals surface area contributed by atoms with E-state index in [0.29, 0.717) is 23.5 Å². The lowest BCUT2D eigenvalue weighted by molar-refractivity contribution is 0.0700. The van der Waals surface area contributed by atoms with Crippen LogP contribution in [0.15, 0.2) is 59.6 Å². The molecule has 0 unspecified atom stereocenters. The van der Waals surface area contributed by atoms with Gasteiger partial charge in [0, 0.05) is 37.8 Å². The summed E-state index contributed by atoms with van der Waals surface area (Å²) in [6, 6.07) is 14.7. The van der Waals surface area contributed by atoms with Crippen LogP contribution in [0.5, 0.6) is 0 Å². The van der Waals surface area contributed by atoms with Gasteiger partial charge in [0.15, 0.2) is 0 Å². The van der Waals surface area contributed by atoms with Gasteiger partial charge in [0.2, 0.25) is 10.0 Å². The lowest BCUT2D eigenvalue weighted by Crippen LogP contribution is -2.50. The Labute approximate surface area is 170 Å². The fourth-order valence-electron chi connectivity index (χ4n) is 3.71. The smallest absolute Gasteiger partial charge is 0.254 e. The Morgan fingerprint density at radius 3 is 2.45 bits per heavy atom. The highest BCUT2D eigenvalue weighted by molar-refractivity contribution is 7.89. The molecule has 3 aromatic rings. The van der Waals surface area contributed by atoms with E-state index >= 15 is 0 Å². The molecule has 2 heterocycles. The van der Waals surface area contributed by atoms with Crippen molar-refractivity contribution in [3.63, 3.8) is 0 Å². The van der Waals surface area contributed by atoms with Crippen LogP contribution in [0, 0.1) is 13.8 Å². The Bertz CT molecular complexity index is 1180. The predicted molar refractivity (Wildman–Crippen MR) is 112 cm³/mol. The fraction of sp³-hybridized carbons (Fsp3) is 0.273. The molecular weight excluding hydrogens is 386 g/mol. The number of benzene rings is 2. The monoisotopic (exact) mass is 409 g/mol. The quantitative estimate of drug-likeness (QED) is 0.667. The molecule has 1 aliphatic rings. The van der Waals surface area contributed by atoms with Gasteiger partial charge in [0.05, 0.1) is 16.0 Å². The van der Waals surface area contributed by atoms with Gasteiger partial charge in [-0.15, -0.1) is 0 Å². The van der Waals surface area contributed by atoms with Crippen LogP contribution in [0.2, 0.25) is 0 Å². The first kappa shape index (κ1) is 19.5. The van der Waals surface area contributed by atoms with E-state index in [4.69, 9.17) is 0 Å². The average molecular weight is 410 g/mol. The van der Waals surface area contributed by atoms with Crippen molar-refractivity contribution in [2.24, 2.45) is 0 Å². The van der Waals surface area contributed by atoms with Crippen molar-refractivity contribution in [2.45, 2.75) is 18.7 Å². The second kappa shape index (κ2) is 7.57. The van der Waals surface area contributed by atoms with E-state index in [1.165, 1.54) is 4.31 Å². The zero-order chi connectivity index (χ0) is 20.6. The standard InChI is InChI=1S/C22H23N3O3S/c1-16-7-8-17(2)21(15-16)29(27,28)25-13-11-24(12-14-25)22(26)19-9-10-23-20-6-4-3-5-18(19)20/h3-10,15H,11-14H2,1-2H3. The van der Waals surface area contributed by atoms with Crippen molar-refractivity contribution in [1.29, 1.82) is 0 Å². The third-order valence-corrected chi connectivity index (χ3v) is 7.41. The van der Waals surface area contributed by atoms with Crippen LogP contribution >= 0.6 is 0 Å². The molecule has 0 N–H and O–H groups in total. The number of sulfonamides is 1. The number of nitrogens with zero attached hydrogens (tertiary/aromatic N) is 3. The first-order chi connectivity index (χ1) is 13.9. The molecule has 0 bridgehead atoms. The van der Waals surface area contributed by atoms with Crippen LogP contribution in [-0.2, 0) is 10.0 Å². The van der Waals surface area contributed by atoms with Crippen molar-refractivity contribution < 1.29 is 13.2 Å². The van der Waals surface area contributed by atoms with E-state index in [9.17, 15) is 13.2 Å². The van der Waals surface area contributed by atoms with Crippen LogP contribution in [0.4, 0.5) is 0 Å². The van der Waals surface area contributed by atoms with Gasteiger partial charge in [-0.2, -0.15) is 4.31 Å². The molecule has 0 aliphatic carbocycles. The van der Waals surface area contributed by atoms with Crippen LogP contribution in [0.25, 0.3) is 10.9 Å². The number of para-hydroxylation sites is 1. The number of carbonyl (C=O) groups excluding carboxylic acids is 1. The lowest BCUT2D eigenvalue weighted by atomic mass is 10.1. The van der Waals surface area contributed by atoms with Crippen LogP contribution in [-0.4, -0.2) is 54.7 Å². The number of carbonyl (C=O) groups is 1. The van der Waals surface area contributed by atoms with Gasteiger partial charge >= 0.3 is 0 Å². The van der Waals surface area contributed by atoms with E-state index in [2.05, 4.69) is 4.98 Å². The van der Waals surface area contributed by atoms with E-state index in [0.717, 1.165) is 22.0 Å². The molecule has 1 saturated heterocycles. The largest absolute Gasteiger partial charge is 0.336 e. The van der Waals surface area contributed by atoms with Gasteiger partial charge in [0.1, 0.15) is 0 Å². The van der Waals surface area contributed by atoms with Gasteiger partial charge < -0.3 is 4.90 Å². The molecule has 7 heteroatoms. The first-order valence-electron chi connectivity index (χ1n) is 9.58. The average Bonchev–Trinajstić information content (AvgIpc) is 2.74. The number of amides is 1. The van der Waals surface area contributed by atoms with Gasteiger partial charge in [-0.05, 0) is 43.2 Å². The fourth-order valence-corrected chi connectivity index (χ4v) is 5.44. The Morgan fingerprint density at radius 2 is 1.69 bits per heavy atom. The number of hydrogen-bond donors (Lipinski definition) is 0. The maximum atomic E-state index is 13.1. The number of aryl methyl sites for hydroxylation is 2.